The number of nitrogens with zero attached hydrogens (tertiary/aromatic N) is 1. The summed E-state index contributed by atoms with van der Waals surface area (Å²) < 4.78 is 45.4. The lowest BCUT2D eigenvalue weighted by atomic mass is 9.78. The Morgan fingerprint density at radius 3 is 2.28 bits per heavy atom. The summed E-state index contributed by atoms with van der Waals surface area (Å²) in [6.07, 6.45) is 9.94. The molecule has 3 heterocycles. The van der Waals surface area contributed by atoms with Gasteiger partial charge in [0.15, 0.2) is 18.1 Å². The number of hydrogen-bond acceptors (Lipinski definition) is 12. The van der Waals surface area contributed by atoms with Crippen LogP contribution >= 0.6 is 0 Å². The van der Waals surface area contributed by atoms with Crippen molar-refractivity contribution in [3.05, 3.63) is 47.6 Å². The average Bonchev–Trinajstić information content (AvgIpc) is 3.28. The molecule has 3 aliphatic heterocycles. The van der Waals surface area contributed by atoms with Crippen LogP contribution in [0.15, 0.2) is 47.6 Å². The van der Waals surface area contributed by atoms with E-state index < -0.39 is 83.9 Å². The number of carbonyl (C=O) groups excluding carboxylic acids is 5. The van der Waals surface area contributed by atoms with E-state index in [1.54, 1.807) is 35.0 Å². The molecule has 1 amide bonds. The summed E-state index contributed by atoms with van der Waals surface area (Å²) in [5.74, 6) is -8.44. The van der Waals surface area contributed by atoms with Gasteiger partial charge in [0, 0.05) is 58.5 Å². The van der Waals surface area contributed by atoms with Crippen molar-refractivity contribution in [3.8, 4) is 0 Å². The summed E-state index contributed by atoms with van der Waals surface area (Å²) in [4.78, 5) is 71.6. The van der Waals surface area contributed by atoms with E-state index in [0.717, 1.165) is 5.57 Å². The van der Waals surface area contributed by atoms with Crippen molar-refractivity contribution in [1.82, 2.24) is 4.90 Å². The third-order valence-corrected chi connectivity index (χ3v) is 14.4. The standard InChI is InChI=1S/C51H78FNO12/c1-30-16-12-11-13-17-31(2)42(61-8)28-38-21-19-36(7)51(60,65-38)48(57)49(58)53-23-15-14-18-39(53)50(59)64-43(33(4)26-37-20-22-40(54)44(27-37)62-9)29-41(55)32(3)25-34(5)45(52)47(63-10)46(56)35(6)24-30/h11-13,16-17,25,30,32-33,35-40,42-45,47,54,60H,14-15,18-24,26-29H2,1-10H3/b13-11?,16-12+,31-17?,34-25+. The average molecular weight is 916 g/mol. The Morgan fingerprint density at radius 1 is 0.877 bits per heavy atom. The van der Waals surface area contributed by atoms with Crippen molar-refractivity contribution in [1.29, 1.82) is 0 Å². The van der Waals surface area contributed by atoms with Crippen LogP contribution in [0, 0.1) is 35.5 Å². The van der Waals surface area contributed by atoms with Gasteiger partial charge in [-0.2, -0.15) is 0 Å². The highest BCUT2D eigenvalue weighted by Crippen LogP contribution is 2.38. The molecular formula is C51H78FNO12. The number of hydrogen-bond donors (Lipinski definition) is 2. The predicted molar refractivity (Wildman–Crippen MR) is 244 cm³/mol. The number of allylic oxidation sites excluding steroid dienone is 6. The maximum Gasteiger partial charge on any atom is 0.329 e. The van der Waals surface area contributed by atoms with Crippen LogP contribution in [0.3, 0.4) is 0 Å². The van der Waals surface area contributed by atoms with E-state index in [-0.39, 0.29) is 60.4 Å². The highest BCUT2D eigenvalue weighted by atomic mass is 19.1. The minimum Gasteiger partial charge on any atom is -0.460 e. The largest absolute Gasteiger partial charge is 0.460 e. The second kappa shape index (κ2) is 25.1. The number of ether oxygens (including phenoxy) is 5. The van der Waals surface area contributed by atoms with E-state index in [0.29, 0.717) is 64.2 Å². The number of Topliss-reactive ketones (excluding diaryl/α,β-unsaturated/α-hetero) is 3. The maximum absolute atomic E-state index is 16.2. The van der Waals surface area contributed by atoms with Crippen LogP contribution < -0.4 is 0 Å². The fourth-order valence-corrected chi connectivity index (χ4v) is 10.1. The zero-order valence-corrected chi connectivity index (χ0v) is 40.5. The number of amides is 1. The molecule has 1 saturated carbocycles. The van der Waals surface area contributed by atoms with E-state index in [1.165, 1.54) is 25.0 Å². The molecule has 0 spiro atoms. The van der Waals surface area contributed by atoms with Gasteiger partial charge < -0.3 is 38.8 Å². The molecule has 0 radical (unpaired) electrons. The van der Waals surface area contributed by atoms with Crippen molar-refractivity contribution in [3.63, 3.8) is 0 Å². The molecule has 3 fully saturated rings. The number of methoxy groups -OCH3 is 3. The molecule has 13 nitrogen and oxygen atoms in total. The first kappa shape index (κ1) is 54.2. The summed E-state index contributed by atoms with van der Waals surface area (Å²) in [6.45, 7) is 12.4. The summed E-state index contributed by atoms with van der Waals surface area (Å²) in [6, 6.07) is -1.16. The van der Waals surface area contributed by atoms with E-state index in [1.807, 2.05) is 51.2 Å². The van der Waals surface area contributed by atoms with Gasteiger partial charge >= 0.3 is 5.97 Å². The van der Waals surface area contributed by atoms with Gasteiger partial charge in [0.1, 0.15) is 17.9 Å². The predicted octanol–water partition coefficient (Wildman–Crippen LogP) is 7.16. The Hall–Kier alpha value is -3.40. The second-order valence-corrected chi connectivity index (χ2v) is 19.5. The van der Waals surface area contributed by atoms with Gasteiger partial charge in [-0.3, -0.25) is 19.2 Å². The van der Waals surface area contributed by atoms with Gasteiger partial charge in [-0.05, 0) is 107 Å². The second-order valence-electron chi connectivity index (χ2n) is 19.5. The number of esters is 1. The third-order valence-electron chi connectivity index (χ3n) is 14.4. The van der Waals surface area contributed by atoms with Crippen molar-refractivity contribution in [2.24, 2.45) is 35.5 Å². The first-order valence-corrected chi connectivity index (χ1v) is 23.9. The lowest BCUT2D eigenvalue weighted by molar-refractivity contribution is -0.265. The van der Waals surface area contributed by atoms with Crippen LogP contribution in [0.5, 0.6) is 0 Å². The first-order chi connectivity index (χ1) is 30.7. The lowest BCUT2D eigenvalue weighted by Crippen LogP contribution is -2.61. The fourth-order valence-electron chi connectivity index (χ4n) is 10.1. The monoisotopic (exact) mass is 916 g/mol. The van der Waals surface area contributed by atoms with Crippen LogP contribution in [-0.2, 0) is 47.7 Å². The quantitative estimate of drug-likeness (QED) is 0.157. The number of aliphatic hydroxyl groups is 2. The van der Waals surface area contributed by atoms with Crippen LogP contribution in [0.4, 0.5) is 4.39 Å². The van der Waals surface area contributed by atoms with Crippen LogP contribution in [0.2, 0.25) is 0 Å². The molecule has 2 bridgehead atoms. The fraction of sp³-hybridized carbons (Fsp3) is 0.745. The zero-order valence-electron chi connectivity index (χ0n) is 40.5. The van der Waals surface area contributed by atoms with Crippen molar-refractivity contribution < 1.29 is 62.3 Å². The van der Waals surface area contributed by atoms with Crippen molar-refractivity contribution in [2.45, 2.75) is 180 Å². The molecule has 4 rings (SSSR count). The van der Waals surface area contributed by atoms with Crippen LogP contribution in [0.1, 0.15) is 126 Å². The number of aliphatic hydroxyl groups excluding tert-OH is 1. The molecule has 0 aromatic rings. The van der Waals surface area contributed by atoms with Gasteiger partial charge in [0.05, 0.1) is 24.4 Å². The zero-order chi connectivity index (χ0) is 48.2. The minimum absolute atomic E-state index is 0.0215. The Labute approximate surface area is 386 Å². The van der Waals surface area contributed by atoms with Gasteiger partial charge in [-0.15, -0.1) is 0 Å². The van der Waals surface area contributed by atoms with Gasteiger partial charge in [-0.1, -0.05) is 71.1 Å². The van der Waals surface area contributed by atoms with E-state index in [4.69, 9.17) is 23.7 Å². The Balaban J connectivity index is 1.70. The van der Waals surface area contributed by atoms with Gasteiger partial charge in [-0.25, -0.2) is 9.18 Å². The number of ketones is 3. The maximum atomic E-state index is 16.2. The molecule has 2 N–H and O–H groups in total. The van der Waals surface area contributed by atoms with Crippen LogP contribution in [0.25, 0.3) is 0 Å². The summed E-state index contributed by atoms with van der Waals surface area (Å²) in [5.41, 5.74) is 1.03. The van der Waals surface area contributed by atoms with Gasteiger partial charge in [0.25, 0.3) is 11.7 Å². The molecule has 65 heavy (non-hydrogen) atoms. The van der Waals surface area contributed by atoms with Gasteiger partial charge in [0.2, 0.25) is 5.79 Å². The molecule has 15 atom stereocenters. The molecule has 366 valence electrons. The Morgan fingerprint density at radius 2 is 1.60 bits per heavy atom. The molecular weight excluding hydrogens is 838 g/mol. The number of carbonyl (C=O) groups is 5. The van der Waals surface area contributed by atoms with E-state index >= 15 is 4.39 Å². The molecule has 0 aromatic heterocycles. The number of rotatable bonds is 6. The number of piperidine rings is 1. The molecule has 4 aliphatic rings. The highest BCUT2D eigenvalue weighted by Gasteiger charge is 2.53. The number of cyclic esters (lactones) is 1. The first-order valence-electron chi connectivity index (χ1n) is 23.9. The SMILES string of the molecule is COC1CC2CCC(C)C(O)(O2)C(=O)C(=O)N2CCCCC2C(=O)OC(C(C)CC2CCC(O)C(OC)C2)CC(=O)C(C)/C=C(\C)C(F)C(OC)C(=O)C(C)CC(C)/C=C/C=CC=C1C. The highest BCUT2D eigenvalue weighted by molar-refractivity contribution is 6.39. The summed E-state index contributed by atoms with van der Waals surface area (Å²) in [7, 11) is 4.42. The lowest BCUT2D eigenvalue weighted by Gasteiger charge is -2.42. The number of alkyl halides is 1. The van der Waals surface area contributed by atoms with E-state index in [9.17, 15) is 34.2 Å². The molecule has 14 heteroatoms. The molecule has 0 aromatic carbocycles. The number of fused-ring (bicyclic) bond motifs is 3. The summed E-state index contributed by atoms with van der Waals surface area (Å²) in [5, 5.41) is 22.4. The number of halogens is 1. The normalized spacial score (nSPS) is 39.1. The van der Waals surface area contributed by atoms with Crippen molar-refractivity contribution >= 4 is 29.2 Å². The van der Waals surface area contributed by atoms with Crippen molar-refractivity contribution in [2.75, 3.05) is 27.9 Å². The molecule has 15 unspecified atom stereocenters. The van der Waals surface area contributed by atoms with E-state index in [2.05, 4.69) is 0 Å². The Kier molecular flexibility index (Phi) is 20.9. The van der Waals surface area contributed by atoms with Crippen LogP contribution in [-0.4, -0.2) is 127 Å². The minimum atomic E-state index is -2.44. The Bertz CT molecular complexity index is 1760. The molecule has 2 saturated heterocycles. The topological polar surface area (TPSA) is 175 Å². The third kappa shape index (κ3) is 14.3. The smallest absolute Gasteiger partial charge is 0.329 e. The summed E-state index contributed by atoms with van der Waals surface area (Å²) >= 11 is 0. The molecule has 1 aliphatic carbocycles.